The first-order chi connectivity index (χ1) is 9.02. The number of benzene rings is 1. The summed E-state index contributed by atoms with van der Waals surface area (Å²) in [6.45, 7) is 3.05. The number of hydrogen-bond donors (Lipinski definition) is 1. The second-order valence-corrected chi connectivity index (χ2v) is 5.41. The molecule has 1 aromatic heterocycles. The van der Waals surface area contributed by atoms with Gasteiger partial charge in [0.25, 0.3) is 5.56 Å². The molecule has 102 valence electrons. The molecule has 0 aliphatic rings. The number of H-pyrrole nitrogens is 1. The molecule has 5 nitrogen and oxygen atoms in total. The van der Waals surface area contributed by atoms with Crippen LogP contribution in [0, 0.1) is 0 Å². The van der Waals surface area contributed by atoms with Crippen molar-refractivity contribution in [1.29, 1.82) is 0 Å². The average Bonchev–Trinajstić information content (AvgIpc) is 2.32. The summed E-state index contributed by atoms with van der Waals surface area (Å²) in [5, 5.41) is 8.04. The van der Waals surface area contributed by atoms with Gasteiger partial charge in [-0.2, -0.15) is 5.10 Å². The quantitative estimate of drug-likeness (QED) is 0.935. The van der Waals surface area contributed by atoms with Gasteiger partial charge in [-0.05, 0) is 33.2 Å². The Hall–Kier alpha value is -1.40. The van der Waals surface area contributed by atoms with Crippen molar-refractivity contribution in [1.82, 2.24) is 15.1 Å². The van der Waals surface area contributed by atoms with Crippen molar-refractivity contribution >= 4 is 26.7 Å². The maximum absolute atomic E-state index is 12.0. The van der Waals surface area contributed by atoms with Gasteiger partial charge in [-0.1, -0.05) is 15.9 Å². The van der Waals surface area contributed by atoms with E-state index in [0.717, 1.165) is 15.6 Å². The molecule has 0 atom stereocenters. The van der Waals surface area contributed by atoms with Crippen molar-refractivity contribution in [2.45, 2.75) is 13.5 Å². The topological polar surface area (TPSA) is 58.2 Å². The van der Waals surface area contributed by atoms with Gasteiger partial charge in [0.2, 0.25) is 0 Å². The molecule has 1 heterocycles. The number of ether oxygens (including phenoxy) is 1. The highest BCUT2D eigenvalue weighted by Crippen LogP contribution is 2.29. The average molecular weight is 326 g/mol. The Morgan fingerprint density at radius 1 is 1.42 bits per heavy atom. The maximum Gasteiger partial charge on any atom is 0.275 e. The van der Waals surface area contributed by atoms with Gasteiger partial charge in [0.15, 0.2) is 0 Å². The molecule has 0 bridgehead atoms. The molecule has 6 heteroatoms. The van der Waals surface area contributed by atoms with Crippen molar-refractivity contribution < 1.29 is 4.74 Å². The highest BCUT2D eigenvalue weighted by atomic mass is 79.9. The summed E-state index contributed by atoms with van der Waals surface area (Å²) in [5.74, 6) is 0.579. The van der Waals surface area contributed by atoms with Crippen molar-refractivity contribution in [3.8, 4) is 5.75 Å². The van der Waals surface area contributed by atoms with E-state index >= 15 is 0 Å². The molecule has 2 aromatic rings. The molecule has 0 aliphatic carbocycles. The molecule has 0 radical (unpaired) electrons. The molecule has 2 rings (SSSR count). The van der Waals surface area contributed by atoms with Crippen LogP contribution in [0.3, 0.4) is 0 Å². The summed E-state index contributed by atoms with van der Waals surface area (Å²) in [6, 6.07) is 3.71. The minimum Gasteiger partial charge on any atom is -0.493 e. The summed E-state index contributed by atoms with van der Waals surface area (Å²) in [4.78, 5) is 14.0. The zero-order valence-electron chi connectivity index (χ0n) is 11.2. The normalized spacial score (nSPS) is 11.2. The maximum atomic E-state index is 12.0. The van der Waals surface area contributed by atoms with Crippen LogP contribution in [-0.2, 0) is 6.54 Å². The fraction of sp³-hybridized carbons (Fsp3) is 0.385. The van der Waals surface area contributed by atoms with Crippen molar-refractivity contribution in [2.24, 2.45) is 0 Å². The number of hydrogen-bond acceptors (Lipinski definition) is 4. The molecule has 1 aromatic carbocycles. The molecule has 0 saturated carbocycles. The van der Waals surface area contributed by atoms with Crippen LogP contribution >= 0.6 is 15.9 Å². The number of aromatic amines is 1. The zero-order chi connectivity index (χ0) is 14.0. The zero-order valence-corrected chi connectivity index (χ0v) is 12.7. The number of fused-ring (bicyclic) bond motifs is 1. The van der Waals surface area contributed by atoms with Crippen LogP contribution in [-0.4, -0.2) is 35.8 Å². The fourth-order valence-corrected chi connectivity index (χ4v) is 2.40. The molecule has 0 fully saturated rings. The van der Waals surface area contributed by atoms with Crippen LogP contribution in [0.4, 0.5) is 0 Å². The van der Waals surface area contributed by atoms with E-state index in [1.807, 2.05) is 32.0 Å². The molecule has 1 N–H and O–H groups in total. The van der Waals surface area contributed by atoms with Crippen LogP contribution in [0.1, 0.15) is 12.6 Å². The van der Waals surface area contributed by atoms with E-state index in [2.05, 4.69) is 26.1 Å². The molecule has 0 aliphatic heterocycles. The third-order valence-corrected chi connectivity index (χ3v) is 3.12. The molecular weight excluding hydrogens is 310 g/mol. The smallest absolute Gasteiger partial charge is 0.275 e. The Labute approximate surface area is 119 Å². The number of aromatic nitrogens is 2. The first kappa shape index (κ1) is 14.0. The van der Waals surface area contributed by atoms with E-state index in [1.165, 1.54) is 0 Å². The summed E-state index contributed by atoms with van der Waals surface area (Å²) in [6.07, 6.45) is 0. The minimum absolute atomic E-state index is 0.228. The van der Waals surface area contributed by atoms with Gasteiger partial charge in [-0.25, -0.2) is 5.10 Å². The van der Waals surface area contributed by atoms with Crippen LogP contribution < -0.4 is 10.3 Å². The third kappa shape index (κ3) is 2.96. The Balaban J connectivity index is 2.75. The minimum atomic E-state index is -0.228. The molecule has 0 amide bonds. The molecule has 19 heavy (non-hydrogen) atoms. The van der Waals surface area contributed by atoms with Crippen molar-refractivity contribution in [2.75, 3.05) is 20.7 Å². The summed E-state index contributed by atoms with van der Waals surface area (Å²) < 4.78 is 6.42. The third-order valence-electron chi connectivity index (χ3n) is 2.66. The predicted octanol–water partition coefficient (Wildman–Crippen LogP) is 2.15. The van der Waals surface area contributed by atoms with Crippen LogP contribution in [0.25, 0.3) is 10.8 Å². The largest absolute Gasteiger partial charge is 0.493 e. The second-order valence-electron chi connectivity index (χ2n) is 4.50. The van der Waals surface area contributed by atoms with Gasteiger partial charge in [-0.3, -0.25) is 4.79 Å². The van der Waals surface area contributed by atoms with E-state index in [4.69, 9.17) is 4.74 Å². The second kappa shape index (κ2) is 5.71. The Morgan fingerprint density at radius 3 is 2.79 bits per heavy atom. The summed E-state index contributed by atoms with van der Waals surface area (Å²) in [7, 11) is 3.92. The van der Waals surface area contributed by atoms with Crippen LogP contribution in [0.15, 0.2) is 21.4 Å². The lowest BCUT2D eigenvalue weighted by molar-refractivity contribution is 0.343. The predicted molar refractivity (Wildman–Crippen MR) is 78.6 cm³/mol. The SMILES string of the molecule is CCOc1cc(Br)cc2c(CN(C)C)n[nH]c(=O)c12. The first-order valence-electron chi connectivity index (χ1n) is 6.01. The molecular formula is C13H16BrN3O2. The standard InChI is InChI=1S/C13H16BrN3O2/c1-4-19-11-6-8(14)5-9-10(7-17(2)3)15-16-13(18)12(9)11/h5-6H,4,7H2,1-3H3,(H,16,18). The number of nitrogens with zero attached hydrogens (tertiary/aromatic N) is 2. The Kier molecular flexibility index (Phi) is 4.21. The van der Waals surface area contributed by atoms with Crippen LogP contribution in [0.2, 0.25) is 0 Å². The van der Waals surface area contributed by atoms with E-state index in [9.17, 15) is 4.79 Å². The number of halogens is 1. The monoisotopic (exact) mass is 325 g/mol. The summed E-state index contributed by atoms with van der Waals surface area (Å²) in [5.41, 5.74) is 0.593. The van der Waals surface area contributed by atoms with Gasteiger partial charge in [-0.15, -0.1) is 0 Å². The van der Waals surface area contributed by atoms with E-state index in [0.29, 0.717) is 24.3 Å². The van der Waals surface area contributed by atoms with Crippen molar-refractivity contribution in [3.63, 3.8) is 0 Å². The van der Waals surface area contributed by atoms with Gasteiger partial charge in [0.1, 0.15) is 5.75 Å². The highest BCUT2D eigenvalue weighted by molar-refractivity contribution is 9.10. The van der Waals surface area contributed by atoms with Gasteiger partial charge >= 0.3 is 0 Å². The Morgan fingerprint density at radius 2 is 2.16 bits per heavy atom. The lowest BCUT2D eigenvalue weighted by Crippen LogP contribution is -2.17. The Bertz CT molecular complexity index is 652. The molecule has 0 spiro atoms. The highest BCUT2D eigenvalue weighted by Gasteiger charge is 2.13. The van der Waals surface area contributed by atoms with E-state index in [-0.39, 0.29) is 5.56 Å². The van der Waals surface area contributed by atoms with Gasteiger partial charge in [0.05, 0.1) is 17.7 Å². The lowest BCUT2D eigenvalue weighted by atomic mass is 10.1. The molecule has 0 unspecified atom stereocenters. The first-order valence-corrected chi connectivity index (χ1v) is 6.80. The lowest BCUT2D eigenvalue weighted by Gasteiger charge is -2.13. The van der Waals surface area contributed by atoms with Gasteiger partial charge in [0, 0.05) is 16.4 Å². The van der Waals surface area contributed by atoms with E-state index < -0.39 is 0 Å². The van der Waals surface area contributed by atoms with Crippen molar-refractivity contribution in [3.05, 3.63) is 32.7 Å². The number of rotatable bonds is 4. The van der Waals surface area contributed by atoms with E-state index in [1.54, 1.807) is 6.07 Å². The summed E-state index contributed by atoms with van der Waals surface area (Å²) >= 11 is 3.44. The fourth-order valence-electron chi connectivity index (χ4n) is 1.97. The van der Waals surface area contributed by atoms with Gasteiger partial charge < -0.3 is 9.64 Å². The number of nitrogens with one attached hydrogen (secondary N) is 1. The molecule has 0 saturated heterocycles. The van der Waals surface area contributed by atoms with Crippen LogP contribution in [0.5, 0.6) is 5.75 Å².